The van der Waals surface area contributed by atoms with Gasteiger partial charge in [-0.05, 0) is 65.1 Å². The predicted molar refractivity (Wildman–Crippen MR) is 91.7 cm³/mol. The van der Waals surface area contributed by atoms with Crippen LogP contribution in [0.2, 0.25) is 0 Å². The minimum Gasteiger partial charge on any atom is -0.493 e. The molecule has 6 heteroatoms. The standard InChI is InChI=1S/C16H14INO4/c1-21-14-7-2-11(9-19)8-15(14)22-10-16(20)18-13-5-3-12(17)4-6-13/h2-9H,10H2,1H3,(H,18,20). The highest BCUT2D eigenvalue weighted by molar-refractivity contribution is 14.1. The molecule has 0 aromatic heterocycles. The second kappa shape index (κ2) is 7.79. The van der Waals surface area contributed by atoms with Crippen LogP contribution in [0.25, 0.3) is 0 Å². The fraction of sp³-hybridized carbons (Fsp3) is 0.125. The molecule has 0 unspecified atom stereocenters. The number of amides is 1. The third-order valence-corrected chi connectivity index (χ3v) is 3.53. The van der Waals surface area contributed by atoms with Crippen LogP contribution in [0, 0.1) is 3.57 Å². The smallest absolute Gasteiger partial charge is 0.262 e. The quantitative estimate of drug-likeness (QED) is 0.586. The van der Waals surface area contributed by atoms with E-state index in [9.17, 15) is 9.59 Å². The lowest BCUT2D eigenvalue weighted by molar-refractivity contribution is -0.118. The highest BCUT2D eigenvalue weighted by Crippen LogP contribution is 2.27. The van der Waals surface area contributed by atoms with Crippen molar-refractivity contribution in [3.63, 3.8) is 0 Å². The molecule has 2 aromatic carbocycles. The Balaban J connectivity index is 1.98. The van der Waals surface area contributed by atoms with E-state index in [-0.39, 0.29) is 12.5 Å². The van der Waals surface area contributed by atoms with Gasteiger partial charge in [-0.2, -0.15) is 0 Å². The van der Waals surface area contributed by atoms with Gasteiger partial charge >= 0.3 is 0 Å². The Morgan fingerprint density at radius 1 is 1.18 bits per heavy atom. The third-order valence-electron chi connectivity index (χ3n) is 2.81. The Bertz CT molecular complexity index is 670. The van der Waals surface area contributed by atoms with Crippen molar-refractivity contribution in [1.29, 1.82) is 0 Å². The van der Waals surface area contributed by atoms with E-state index in [4.69, 9.17) is 9.47 Å². The normalized spacial score (nSPS) is 9.91. The van der Waals surface area contributed by atoms with Crippen LogP contribution in [0.15, 0.2) is 42.5 Å². The molecular formula is C16H14INO4. The van der Waals surface area contributed by atoms with Gasteiger partial charge in [0.05, 0.1) is 7.11 Å². The van der Waals surface area contributed by atoms with Crippen LogP contribution < -0.4 is 14.8 Å². The van der Waals surface area contributed by atoms with Crippen LogP contribution in [0.4, 0.5) is 5.69 Å². The van der Waals surface area contributed by atoms with Gasteiger partial charge < -0.3 is 14.8 Å². The highest BCUT2D eigenvalue weighted by atomic mass is 127. The zero-order valence-corrected chi connectivity index (χ0v) is 14.0. The average molecular weight is 411 g/mol. The lowest BCUT2D eigenvalue weighted by Gasteiger charge is -2.11. The molecule has 0 saturated carbocycles. The van der Waals surface area contributed by atoms with Gasteiger partial charge in [-0.3, -0.25) is 9.59 Å². The summed E-state index contributed by atoms with van der Waals surface area (Å²) in [5, 5.41) is 2.73. The SMILES string of the molecule is COc1ccc(C=O)cc1OCC(=O)Nc1ccc(I)cc1. The minimum absolute atomic E-state index is 0.176. The van der Waals surface area contributed by atoms with E-state index in [0.29, 0.717) is 29.0 Å². The van der Waals surface area contributed by atoms with Gasteiger partial charge in [0.15, 0.2) is 18.1 Å². The molecule has 2 rings (SSSR count). The fourth-order valence-electron chi connectivity index (χ4n) is 1.75. The average Bonchev–Trinajstić information content (AvgIpc) is 2.54. The number of benzene rings is 2. The van der Waals surface area contributed by atoms with E-state index in [0.717, 1.165) is 3.57 Å². The number of halogens is 1. The summed E-state index contributed by atoms with van der Waals surface area (Å²) in [6.07, 6.45) is 0.706. The lowest BCUT2D eigenvalue weighted by Crippen LogP contribution is -2.20. The topological polar surface area (TPSA) is 64.6 Å². The number of hydrogen-bond acceptors (Lipinski definition) is 4. The summed E-state index contributed by atoms with van der Waals surface area (Å²) in [5.41, 5.74) is 1.15. The predicted octanol–water partition coefficient (Wildman–Crippen LogP) is 3.13. The van der Waals surface area contributed by atoms with E-state index in [1.54, 1.807) is 12.1 Å². The van der Waals surface area contributed by atoms with Gasteiger partial charge in [-0.15, -0.1) is 0 Å². The van der Waals surface area contributed by atoms with Gasteiger partial charge in [0.2, 0.25) is 0 Å². The van der Waals surface area contributed by atoms with Crippen molar-refractivity contribution in [1.82, 2.24) is 0 Å². The summed E-state index contributed by atoms with van der Waals surface area (Å²) in [4.78, 5) is 22.7. The van der Waals surface area contributed by atoms with E-state index < -0.39 is 0 Å². The zero-order chi connectivity index (χ0) is 15.9. The van der Waals surface area contributed by atoms with Crippen molar-refractivity contribution in [3.8, 4) is 11.5 Å². The van der Waals surface area contributed by atoms with Crippen molar-refractivity contribution in [2.24, 2.45) is 0 Å². The number of aldehydes is 1. The lowest BCUT2D eigenvalue weighted by atomic mass is 10.2. The molecule has 0 heterocycles. The molecule has 0 saturated heterocycles. The minimum atomic E-state index is -0.292. The molecule has 0 fully saturated rings. The van der Waals surface area contributed by atoms with E-state index >= 15 is 0 Å². The number of methoxy groups -OCH3 is 1. The van der Waals surface area contributed by atoms with Crippen LogP contribution in [-0.4, -0.2) is 25.9 Å². The first-order valence-corrected chi connectivity index (χ1v) is 7.51. The summed E-state index contributed by atoms with van der Waals surface area (Å²) in [7, 11) is 1.49. The van der Waals surface area contributed by atoms with Gasteiger partial charge in [-0.25, -0.2) is 0 Å². The molecule has 0 aliphatic rings. The molecule has 0 aliphatic carbocycles. The van der Waals surface area contributed by atoms with E-state index in [2.05, 4.69) is 27.9 Å². The molecule has 0 spiro atoms. The number of carbonyl (C=O) groups is 2. The Kier molecular flexibility index (Phi) is 5.76. The fourth-order valence-corrected chi connectivity index (χ4v) is 2.11. The van der Waals surface area contributed by atoms with Crippen LogP contribution in [0.5, 0.6) is 11.5 Å². The summed E-state index contributed by atoms with van der Waals surface area (Å²) in [5.74, 6) is 0.525. The third kappa shape index (κ3) is 4.45. The van der Waals surface area contributed by atoms with Gasteiger partial charge in [0.25, 0.3) is 5.91 Å². The number of hydrogen-bond donors (Lipinski definition) is 1. The Hall–Kier alpha value is -2.09. The highest BCUT2D eigenvalue weighted by Gasteiger charge is 2.09. The van der Waals surface area contributed by atoms with E-state index in [1.807, 2.05) is 24.3 Å². The Labute approximate surface area is 141 Å². The van der Waals surface area contributed by atoms with Crippen LogP contribution in [0.1, 0.15) is 10.4 Å². The summed E-state index contributed by atoms with van der Waals surface area (Å²) < 4.78 is 11.7. The molecule has 1 N–H and O–H groups in total. The molecule has 2 aromatic rings. The maximum Gasteiger partial charge on any atom is 0.262 e. The second-order valence-corrected chi connectivity index (χ2v) is 5.62. The maximum atomic E-state index is 11.9. The Morgan fingerprint density at radius 2 is 1.91 bits per heavy atom. The van der Waals surface area contributed by atoms with Crippen molar-refractivity contribution < 1.29 is 19.1 Å². The molecule has 1 amide bonds. The first-order chi connectivity index (χ1) is 10.6. The number of carbonyl (C=O) groups excluding carboxylic acids is 2. The monoisotopic (exact) mass is 411 g/mol. The number of nitrogens with one attached hydrogen (secondary N) is 1. The summed E-state index contributed by atoms with van der Waals surface area (Å²) in [6.45, 7) is -0.176. The first kappa shape index (κ1) is 16.3. The van der Waals surface area contributed by atoms with Gasteiger partial charge in [0, 0.05) is 14.8 Å². The second-order valence-electron chi connectivity index (χ2n) is 4.37. The molecule has 0 atom stereocenters. The van der Waals surface area contributed by atoms with E-state index in [1.165, 1.54) is 13.2 Å². The van der Waals surface area contributed by atoms with Crippen molar-refractivity contribution in [2.45, 2.75) is 0 Å². The number of rotatable bonds is 6. The number of anilines is 1. The molecule has 114 valence electrons. The van der Waals surface area contributed by atoms with Gasteiger partial charge in [0.1, 0.15) is 6.29 Å². The van der Waals surface area contributed by atoms with Crippen LogP contribution in [0.3, 0.4) is 0 Å². The summed E-state index contributed by atoms with van der Waals surface area (Å²) in [6, 6.07) is 12.2. The van der Waals surface area contributed by atoms with Crippen molar-refractivity contribution in [2.75, 3.05) is 19.0 Å². The maximum absolute atomic E-state index is 11.9. The zero-order valence-electron chi connectivity index (χ0n) is 11.8. The van der Waals surface area contributed by atoms with Crippen LogP contribution in [-0.2, 0) is 4.79 Å². The molecule has 0 bridgehead atoms. The number of ether oxygens (including phenoxy) is 2. The molecular weight excluding hydrogens is 397 g/mol. The Morgan fingerprint density at radius 3 is 2.55 bits per heavy atom. The largest absolute Gasteiger partial charge is 0.493 e. The molecule has 0 aliphatic heterocycles. The molecule has 0 radical (unpaired) electrons. The van der Waals surface area contributed by atoms with Gasteiger partial charge in [-0.1, -0.05) is 0 Å². The first-order valence-electron chi connectivity index (χ1n) is 6.44. The molecule has 22 heavy (non-hydrogen) atoms. The summed E-state index contributed by atoms with van der Waals surface area (Å²) >= 11 is 2.19. The molecule has 5 nitrogen and oxygen atoms in total. The van der Waals surface area contributed by atoms with Crippen molar-refractivity contribution >= 4 is 40.5 Å². The van der Waals surface area contributed by atoms with Crippen molar-refractivity contribution in [3.05, 3.63) is 51.6 Å². The van der Waals surface area contributed by atoms with Crippen LogP contribution >= 0.6 is 22.6 Å².